The molecule has 2 bridgehead atoms. The molecule has 3 aromatic rings. The number of likely N-dealkylation sites (tertiary alicyclic amines) is 1. The van der Waals surface area contributed by atoms with Crippen molar-refractivity contribution in [2.75, 3.05) is 25.5 Å². The number of anilines is 1. The number of hydrogen-bond donors (Lipinski definition) is 3. The molecule has 39 heavy (non-hydrogen) atoms. The second-order valence-corrected chi connectivity index (χ2v) is 11.4. The van der Waals surface area contributed by atoms with E-state index in [1.165, 1.54) is 19.4 Å². The highest BCUT2D eigenvalue weighted by Crippen LogP contribution is 2.40. The van der Waals surface area contributed by atoms with Crippen molar-refractivity contribution in [3.8, 4) is 11.3 Å². The maximum absolute atomic E-state index is 15.6. The Morgan fingerprint density at radius 1 is 1.33 bits per heavy atom. The van der Waals surface area contributed by atoms with Gasteiger partial charge in [-0.1, -0.05) is 25.4 Å². The lowest BCUT2D eigenvalue weighted by atomic mass is 9.93. The number of methoxy groups -OCH3 is 1. The van der Waals surface area contributed by atoms with Gasteiger partial charge in [0.05, 0.1) is 47.8 Å². The van der Waals surface area contributed by atoms with Gasteiger partial charge in [-0.3, -0.25) is 0 Å². The molecule has 1 aromatic carbocycles. The Bertz CT molecular complexity index is 1420. The minimum absolute atomic E-state index is 0.0121. The molecule has 0 spiro atoms. The number of aliphatic hydroxyl groups excluding tert-OH is 1. The van der Waals surface area contributed by atoms with Crippen molar-refractivity contribution >= 4 is 34.7 Å². The highest BCUT2D eigenvalue weighted by Gasteiger charge is 2.42. The molecule has 3 fully saturated rings. The second-order valence-electron chi connectivity index (χ2n) is 11.0. The van der Waals surface area contributed by atoms with Crippen molar-refractivity contribution in [3.63, 3.8) is 0 Å². The Morgan fingerprint density at radius 2 is 2.15 bits per heavy atom. The Kier molecular flexibility index (Phi) is 6.84. The van der Waals surface area contributed by atoms with Crippen LogP contribution in [0.5, 0.6) is 0 Å². The van der Waals surface area contributed by atoms with E-state index in [9.17, 15) is 9.90 Å². The van der Waals surface area contributed by atoms with E-state index in [-0.39, 0.29) is 46.7 Å². The number of benzene rings is 1. The van der Waals surface area contributed by atoms with Crippen LogP contribution in [-0.2, 0) is 9.47 Å². The predicted molar refractivity (Wildman–Crippen MR) is 143 cm³/mol. The summed E-state index contributed by atoms with van der Waals surface area (Å²) in [6, 6.07) is 1.18. The third-order valence-electron chi connectivity index (χ3n) is 8.13. The van der Waals surface area contributed by atoms with Gasteiger partial charge in [-0.15, -0.1) is 0 Å². The van der Waals surface area contributed by atoms with Crippen molar-refractivity contribution in [2.24, 2.45) is 0 Å². The maximum atomic E-state index is 15.6. The molecule has 208 valence electrons. The molecule has 3 aliphatic rings. The number of rotatable bonds is 5. The smallest absolute Gasteiger partial charge is 0.409 e. The van der Waals surface area contributed by atoms with Crippen LogP contribution in [0.2, 0.25) is 5.02 Å². The Labute approximate surface area is 230 Å². The standard InChI is InChI=1S/C27H32ClFN6O4/c1-12(2)20-15(9-17(29)22-23(20)33-25(32-22)13-6-7-35(11-13)27(37)38-3)21-16(28)10-30-26(34-21)31-18-8-14-4-5-19(39-14)24(18)36/h9-10,12-14,18-19,24,36H,4-8,11H2,1-3H3,(H,32,33)(H,30,31,34)/t13-,14+,18+,19-,24-/m0/s1. The fourth-order valence-corrected chi connectivity index (χ4v) is 6.40. The largest absolute Gasteiger partial charge is 0.453 e. The number of aromatic amines is 1. The highest BCUT2D eigenvalue weighted by atomic mass is 35.5. The molecule has 0 unspecified atom stereocenters. The van der Waals surface area contributed by atoms with E-state index in [1.54, 1.807) is 4.90 Å². The molecule has 5 atom stereocenters. The molecule has 0 saturated carbocycles. The van der Waals surface area contributed by atoms with Crippen LogP contribution < -0.4 is 5.32 Å². The van der Waals surface area contributed by atoms with Crippen LogP contribution in [0.25, 0.3) is 22.3 Å². The molecule has 0 radical (unpaired) electrons. The fourth-order valence-electron chi connectivity index (χ4n) is 6.21. The van der Waals surface area contributed by atoms with E-state index in [0.29, 0.717) is 54.5 Å². The first kappa shape index (κ1) is 26.2. The topological polar surface area (TPSA) is 125 Å². The molecule has 3 aliphatic heterocycles. The molecule has 5 heterocycles. The Balaban J connectivity index is 1.36. The van der Waals surface area contributed by atoms with Crippen molar-refractivity contribution in [2.45, 2.75) is 75.7 Å². The number of halogens is 2. The number of aromatic nitrogens is 4. The van der Waals surface area contributed by atoms with Gasteiger partial charge in [-0.2, -0.15) is 0 Å². The van der Waals surface area contributed by atoms with Gasteiger partial charge in [-0.05, 0) is 43.2 Å². The minimum Gasteiger partial charge on any atom is -0.453 e. The van der Waals surface area contributed by atoms with Crippen LogP contribution in [0, 0.1) is 5.82 Å². The molecule has 10 nitrogen and oxygen atoms in total. The first-order valence-corrected chi connectivity index (χ1v) is 13.8. The van der Waals surface area contributed by atoms with Gasteiger partial charge in [0, 0.05) is 24.6 Å². The molecule has 0 aliphatic carbocycles. The summed E-state index contributed by atoms with van der Waals surface area (Å²) < 4.78 is 26.2. The molecule has 3 saturated heterocycles. The predicted octanol–water partition coefficient (Wildman–Crippen LogP) is 4.58. The van der Waals surface area contributed by atoms with Gasteiger partial charge in [0.25, 0.3) is 0 Å². The number of carbonyl (C=O) groups excluding carboxylic acids is 1. The number of imidazole rings is 1. The van der Waals surface area contributed by atoms with E-state index < -0.39 is 11.9 Å². The number of aliphatic hydroxyl groups is 1. The Morgan fingerprint density at radius 3 is 2.92 bits per heavy atom. The first-order valence-electron chi connectivity index (χ1n) is 13.4. The molecular weight excluding hydrogens is 527 g/mol. The number of fused-ring (bicyclic) bond motifs is 3. The summed E-state index contributed by atoms with van der Waals surface area (Å²) in [6.07, 6.45) is 3.49. The number of carbonyl (C=O) groups is 1. The summed E-state index contributed by atoms with van der Waals surface area (Å²) in [7, 11) is 1.36. The molecular formula is C27H32ClFN6O4. The van der Waals surface area contributed by atoms with Gasteiger partial charge in [0.1, 0.15) is 17.4 Å². The second kappa shape index (κ2) is 10.2. The summed E-state index contributed by atoms with van der Waals surface area (Å²) in [5.41, 5.74) is 2.63. The monoisotopic (exact) mass is 558 g/mol. The number of amides is 1. The summed E-state index contributed by atoms with van der Waals surface area (Å²) in [5.74, 6) is 0.388. The van der Waals surface area contributed by atoms with Crippen LogP contribution >= 0.6 is 11.6 Å². The zero-order valence-corrected chi connectivity index (χ0v) is 22.8. The molecule has 3 N–H and O–H groups in total. The quantitative estimate of drug-likeness (QED) is 0.415. The molecule has 6 rings (SSSR count). The Hall–Kier alpha value is -3.02. The first-order chi connectivity index (χ1) is 18.7. The number of H-pyrrole nitrogens is 1. The van der Waals surface area contributed by atoms with Crippen LogP contribution in [0.1, 0.15) is 62.8 Å². The van der Waals surface area contributed by atoms with Crippen molar-refractivity contribution < 1.29 is 23.8 Å². The van der Waals surface area contributed by atoms with Crippen molar-refractivity contribution in [1.82, 2.24) is 24.8 Å². The highest BCUT2D eigenvalue weighted by molar-refractivity contribution is 6.33. The molecule has 12 heteroatoms. The minimum atomic E-state index is -0.666. The SMILES string of the molecule is COC(=O)N1CC[C@H](c2nc3c(F)cc(-c4nc(N[C@@H]5C[C@H]6CC[C@H](O6)[C@H]5O)ncc4Cl)c(C(C)C)c3[nH]2)C1. The lowest BCUT2D eigenvalue weighted by Crippen LogP contribution is -2.47. The summed E-state index contributed by atoms with van der Waals surface area (Å²) in [5, 5.41) is 14.3. The van der Waals surface area contributed by atoms with Crippen molar-refractivity contribution in [3.05, 3.63) is 34.5 Å². The van der Waals surface area contributed by atoms with Gasteiger partial charge in [-0.25, -0.2) is 24.1 Å². The number of hydrogen-bond acceptors (Lipinski definition) is 8. The summed E-state index contributed by atoms with van der Waals surface area (Å²) >= 11 is 6.59. The molecule has 1 amide bonds. The van der Waals surface area contributed by atoms with E-state index in [0.717, 1.165) is 18.4 Å². The summed E-state index contributed by atoms with van der Waals surface area (Å²) in [4.78, 5) is 30.6. The van der Waals surface area contributed by atoms with E-state index >= 15 is 4.39 Å². The van der Waals surface area contributed by atoms with Crippen LogP contribution in [0.15, 0.2) is 12.3 Å². The van der Waals surface area contributed by atoms with Crippen molar-refractivity contribution in [1.29, 1.82) is 0 Å². The number of ether oxygens (including phenoxy) is 2. The summed E-state index contributed by atoms with van der Waals surface area (Å²) in [6.45, 7) is 5.04. The normalized spacial score (nSPS) is 26.5. The van der Waals surface area contributed by atoms with E-state index in [2.05, 4.69) is 20.3 Å². The van der Waals surface area contributed by atoms with Crippen LogP contribution in [0.4, 0.5) is 15.1 Å². The lowest BCUT2D eigenvalue weighted by Gasteiger charge is -2.34. The maximum Gasteiger partial charge on any atom is 0.409 e. The number of nitrogens with zero attached hydrogens (tertiary/aromatic N) is 4. The average Bonchev–Trinajstić information content (AvgIpc) is 3.66. The lowest BCUT2D eigenvalue weighted by molar-refractivity contribution is -0.0811. The zero-order chi connectivity index (χ0) is 27.4. The average molecular weight is 559 g/mol. The van der Waals surface area contributed by atoms with Gasteiger partial charge >= 0.3 is 6.09 Å². The van der Waals surface area contributed by atoms with Crippen LogP contribution in [-0.4, -0.2) is 80.6 Å². The van der Waals surface area contributed by atoms with E-state index in [1.807, 2.05) is 13.8 Å². The van der Waals surface area contributed by atoms with Gasteiger partial charge in [0.2, 0.25) is 5.95 Å². The van der Waals surface area contributed by atoms with E-state index in [4.69, 9.17) is 26.1 Å². The number of nitrogens with one attached hydrogen (secondary N) is 2. The zero-order valence-electron chi connectivity index (χ0n) is 22.1. The third kappa shape index (κ3) is 4.70. The van der Waals surface area contributed by atoms with Crippen LogP contribution in [0.3, 0.4) is 0 Å². The third-order valence-corrected chi connectivity index (χ3v) is 8.40. The van der Waals surface area contributed by atoms with Gasteiger partial charge in [0.15, 0.2) is 5.82 Å². The molecule has 2 aromatic heterocycles. The van der Waals surface area contributed by atoms with Gasteiger partial charge < -0.3 is 29.8 Å². The fraction of sp³-hybridized carbons (Fsp3) is 0.556.